The predicted octanol–water partition coefficient (Wildman–Crippen LogP) is 2.32. The first-order valence-corrected chi connectivity index (χ1v) is 12.0. The van der Waals surface area contributed by atoms with Crippen LogP contribution in [0.3, 0.4) is 0 Å². The van der Waals surface area contributed by atoms with Crippen molar-refractivity contribution >= 4 is 29.8 Å². The van der Waals surface area contributed by atoms with Gasteiger partial charge in [0.15, 0.2) is 24.1 Å². The van der Waals surface area contributed by atoms with Gasteiger partial charge in [0.05, 0.1) is 18.8 Å². The van der Waals surface area contributed by atoms with Gasteiger partial charge >= 0.3 is 17.9 Å². The van der Waals surface area contributed by atoms with Crippen molar-refractivity contribution in [1.29, 1.82) is 0 Å². The van der Waals surface area contributed by atoms with Gasteiger partial charge in [-0.3, -0.25) is 19.2 Å². The lowest BCUT2D eigenvalue weighted by Gasteiger charge is -2.44. The van der Waals surface area contributed by atoms with E-state index in [0.717, 1.165) is 19.4 Å². The molecule has 14 heteroatoms. The molecule has 0 aliphatic carbocycles. The fourth-order valence-corrected chi connectivity index (χ4v) is 4.10. The van der Waals surface area contributed by atoms with E-state index in [1.807, 2.05) is 30.3 Å². The highest BCUT2D eigenvalue weighted by Gasteiger charge is 2.52. The van der Waals surface area contributed by atoms with Crippen molar-refractivity contribution in [3.05, 3.63) is 64.3 Å². The zero-order chi connectivity index (χ0) is 28.4. The van der Waals surface area contributed by atoms with Crippen LogP contribution >= 0.6 is 0 Å². The summed E-state index contributed by atoms with van der Waals surface area (Å²) in [7, 11) is 0. The van der Waals surface area contributed by atoms with E-state index in [1.54, 1.807) is 6.08 Å². The van der Waals surface area contributed by atoms with E-state index in [2.05, 4.69) is 20.3 Å². The fraction of sp³-hybridized carbons (Fsp3) is 0.440. The highest BCUT2D eigenvalue weighted by Crippen LogP contribution is 2.31. The minimum absolute atomic E-state index is 0.0368. The smallest absolute Gasteiger partial charge is 0.303 e. The largest absolute Gasteiger partial charge is 0.456 e. The molecule has 0 radical (unpaired) electrons. The molecule has 0 bridgehead atoms. The van der Waals surface area contributed by atoms with Crippen LogP contribution in [0.15, 0.2) is 47.7 Å². The molecule has 206 valence electrons. The molecule has 2 aromatic rings. The molecule has 3 rings (SSSR count). The Morgan fingerprint density at radius 1 is 1.00 bits per heavy atom. The second-order valence-corrected chi connectivity index (χ2v) is 8.67. The Kier molecular flexibility index (Phi) is 10.3. The number of hydrogen-bond donors (Lipinski definition) is 0. The zero-order valence-electron chi connectivity index (χ0n) is 21.6. The van der Waals surface area contributed by atoms with E-state index in [1.165, 1.54) is 23.9 Å². The maximum absolute atomic E-state index is 12.9. The topological polar surface area (TPSA) is 185 Å². The molecule has 39 heavy (non-hydrogen) atoms. The van der Waals surface area contributed by atoms with Gasteiger partial charge in [-0.1, -0.05) is 46.7 Å². The first-order valence-electron chi connectivity index (χ1n) is 12.0. The maximum atomic E-state index is 12.9. The fourth-order valence-electron chi connectivity index (χ4n) is 4.10. The van der Waals surface area contributed by atoms with Crippen molar-refractivity contribution in [2.75, 3.05) is 0 Å². The van der Waals surface area contributed by atoms with Gasteiger partial charge in [-0.15, -0.1) is 5.10 Å². The third kappa shape index (κ3) is 8.76. The summed E-state index contributed by atoms with van der Waals surface area (Å²) in [5.74, 6) is -2.47. The van der Waals surface area contributed by atoms with Gasteiger partial charge < -0.3 is 18.9 Å². The molecule has 14 nitrogen and oxygen atoms in total. The SMILES string of the molecule is CC(=O)O[C@@H]1[C@@H](OC(C)=O)[C@@H](CC(=O)/C=C/c2ccccc2)O[C@H](Cn2cc(CN=[N+]=[N-])nn2)[C@H]1OC(C)=O. The van der Waals surface area contributed by atoms with Crippen LogP contribution in [0.5, 0.6) is 0 Å². The van der Waals surface area contributed by atoms with Gasteiger partial charge in [0.2, 0.25) is 0 Å². The number of allylic oxidation sites excluding steroid dienone is 1. The molecule has 1 fully saturated rings. The summed E-state index contributed by atoms with van der Waals surface area (Å²) in [6, 6.07) is 9.16. The number of hydrogen-bond acceptors (Lipinski definition) is 11. The van der Waals surface area contributed by atoms with Crippen molar-refractivity contribution < 1.29 is 38.1 Å². The van der Waals surface area contributed by atoms with E-state index in [9.17, 15) is 19.2 Å². The number of esters is 3. The van der Waals surface area contributed by atoms with Crippen molar-refractivity contribution in [3.63, 3.8) is 0 Å². The van der Waals surface area contributed by atoms with Crippen LogP contribution in [0.1, 0.15) is 38.4 Å². The summed E-state index contributed by atoms with van der Waals surface area (Å²) in [4.78, 5) is 51.6. The van der Waals surface area contributed by atoms with Crippen LogP contribution in [0.2, 0.25) is 0 Å². The lowest BCUT2D eigenvalue weighted by molar-refractivity contribution is -0.249. The summed E-state index contributed by atoms with van der Waals surface area (Å²) in [6.07, 6.45) is -1.52. The number of carbonyl (C=O) groups is 4. The maximum Gasteiger partial charge on any atom is 0.303 e. The summed E-state index contributed by atoms with van der Waals surface area (Å²) in [5, 5.41) is 11.3. The number of rotatable bonds is 11. The summed E-state index contributed by atoms with van der Waals surface area (Å²) in [6.45, 7) is 3.40. The molecular formula is C25H28N6O8. The molecule has 0 amide bonds. The van der Waals surface area contributed by atoms with Gasteiger partial charge in [-0.2, -0.15) is 0 Å². The Hall–Kier alpha value is -4.55. The number of aromatic nitrogens is 3. The molecule has 1 aliphatic rings. The van der Waals surface area contributed by atoms with E-state index in [0.29, 0.717) is 5.69 Å². The van der Waals surface area contributed by atoms with Crippen LogP contribution in [-0.2, 0) is 51.2 Å². The molecule has 5 atom stereocenters. The highest BCUT2D eigenvalue weighted by atomic mass is 16.6. The molecule has 0 unspecified atom stereocenters. The number of nitrogens with zero attached hydrogens (tertiary/aromatic N) is 6. The average Bonchev–Trinajstić information content (AvgIpc) is 3.32. The van der Waals surface area contributed by atoms with Crippen LogP contribution in [0.25, 0.3) is 16.5 Å². The van der Waals surface area contributed by atoms with Gasteiger partial charge in [-0.25, -0.2) is 4.68 Å². The third-order valence-electron chi connectivity index (χ3n) is 5.55. The van der Waals surface area contributed by atoms with E-state index < -0.39 is 48.4 Å². The summed E-state index contributed by atoms with van der Waals surface area (Å²) in [5.41, 5.74) is 9.71. The van der Waals surface area contributed by atoms with Crippen LogP contribution < -0.4 is 0 Å². The number of benzene rings is 1. The average molecular weight is 541 g/mol. The highest BCUT2D eigenvalue weighted by molar-refractivity contribution is 5.94. The number of ketones is 1. The number of ether oxygens (including phenoxy) is 4. The monoisotopic (exact) mass is 540 g/mol. The molecule has 1 aromatic carbocycles. The first-order chi connectivity index (χ1) is 18.7. The molecule has 0 saturated carbocycles. The summed E-state index contributed by atoms with van der Waals surface area (Å²) < 4.78 is 23.9. The lowest BCUT2D eigenvalue weighted by atomic mass is 9.91. The Balaban J connectivity index is 1.93. The minimum Gasteiger partial charge on any atom is -0.456 e. The molecule has 2 heterocycles. The predicted molar refractivity (Wildman–Crippen MR) is 133 cm³/mol. The second kappa shape index (κ2) is 13.8. The molecule has 0 N–H and O–H groups in total. The van der Waals surface area contributed by atoms with Gasteiger partial charge in [0.25, 0.3) is 0 Å². The third-order valence-corrected chi connectivity index (χ3v) is 5.55. The molecule has 1 aromatic heterocycles. The van der Waals surface area contributed by atoms with E-state index >= 15 is 0 Å². The lowest BCUT2D eigenvalue weighted by Crippen LogP contribution is -2.62. The second-order valence-electron chi connectivity index (χ2n) is 8.67. The van der Waals surface area contributed by atoms with E-state index in [-0.39, 0.29) is 25.3 Å². The van der Waals surface area contributed by atoms with Crippen molar-refractivity contribution in [2.45, 2.75) is 70.8 Å². The van der Waals surface area contributed by atoms with Crippen LogP contribution in [0.4, 0.5) is 0 Å². The normalized spacial score (nSPS) is 22.5. The van der Waals surface area contributed by atoms with Crippen molar-refractivity contribution in [3.8, 4) is 0 Å². The van der Waals surface area contributed by atoms with Gasteiger partial charge in [0.1, 0.15) is 12.2 Å². The first kappa shape index (κ1) is 29.0. The Morgan fingerprint density at radius 3 is 2.23 bits per heavy atom. The quantitative estimate of drug-likeness (QED) is 0.102. The minimum atomic E-state index is -1.28. The van der Waals surface area contributed by atoms with Crippen molar-refractivity contribution in [2.24, 2.45) is 5.11 Å². The van der Waals surface area contributed by atoms with E-state index in [4.69, 9.17) is 24.5 Å². The molecule has 1 saturated heterocycles. The number of azide groups is 1. The zero-order valence-corrected chi connectivity index (χ0v) is 21.6. The van der Waals surface area contributed by atoms with Gasteiger partial charge in [0, 0.05) is 38.3 Å². The standard InChI is InChI=1S/C25H28N6O8/c1-15(32)36-23-21(11-20(35)10-9-18-7-5-4-6-8-18)39-22(14-31-13-19(28-30-31)12-27-29-26)24(37-16(2)33)25(23)38-17(3)34/h4-10,13,21-25H,11-12,14H2,1-3H3/b10-9+/t21-,22-,23+,24-,25-/m1/s1. The number of carbonyl (C=O) groups excluding carboxylic acids is 4. The Bertz CT molecular complexity index is 1260. The molecule has 0 spiro atoms. The Labute approximate surface area is 223 Å². The Morgan fingerprint density at radius 2 is 1.62 bits per heavy atom. The summed E-state index contributed by atoms with van der Waals surface area (Å²) >= 11 is 0. The van der Waals surface area contributed by atoms with Crippen LogP contribution in [0, 0.1) is 0 Å². The van der Waals surface area contributed by atoms with Crippen molar-refractivity contribution in [1.82, 2.24) is 15.0 Å². The van der Waals surface area contributed by atoms with Gasteiger partial charge in [-0.05, 0) is 17.2 Å². The molecular weight excluding hydrogens is 512 g/mol. The van der Waals surface area contributed by atoms with Crippen LogP contribution in [-0.4, -0.2) is 69.2 Å². The molecule has 1 aliphatic heterocycles.